The molecule has 3 atom stereocenters. The lowest BCUT2D eigenvalue weighted by Gasteiger charge is -2.46. The number of rotatable bonds is 4. The second-order valence-electron chi connectivity index (χ2n) is 8.15. The van der Waals surface area contributed by atoms with Crippen LogP contribution in [0.2, 0.25) is 0 Å². The highest BCUT2D eigenvalue weighted by Gasteiger charge is 2.44. The molecule has 2 amide bonds. The summed E-state index contributed by atoms with van der Waals surface area (Å²) >= 11 is 0. The predicted molar refractivity (Wildman–Crippen MR) is 108 cm³/mol. The SMILES string of the molecule is CN(C)C(=O)[C@H]1[C@H]2C[C@H](CN(CC(=O)Nc3ccn(C)n3)C2)c2cccc(=O)n21. The Kier molecular flexibility index (Phi) is 4.99. The minimum absolute atomic E-state index is 0.0149. The van der Waals surface area contributed by atoms with E-state index in [4.69, 9.17) is 0 Å². The maximum Gasteiger partial charge on any atom is 0.251 e. The first kappa shape index (κ1) is 19.4. The van der Waals surface area contributed by atoms with E-state index < -0.39 is 6.04 Å². The number of likely N-dealkylation sites (N-methyl/N-ethyl adjacent to an activating group) is 1. The fraction of sp³-hybridized carbons (Fsp3) is 0.500. The van der Waals surface area contributed by atoms with Crippen molar-refractivity contribution in [3.05, 3.63) is 46.5 Å². The van der Waals surface area contributed by atoms with Gasteiger partial charge in [0.15, 0.2) is 5.82 Å². The molecule has 1 N–H and O–H groups in total. The molecule has 2 aromatic rings. The van der Waals surface area contributed by atoms with E-state index in [1.807, 2.05) is 6.07 Å². The van der Waals surface area contributed by atoms with E-state index in [-0.39, 0.29) is 35.8 Å². The van der Waals surface area contributed by atoms with Crippen molar-refractivity contribution in [1.29, 1.82) is 0 Å². The molecule has 2 aliphatic rings. The van der Waals surface area contributed by atoms with Gasteiger partial charge in [-0.15, -0.1) is 0 Å². The summed E-state index contributed by atoms with van der Waals surface area (Å²) in [5, 5.41) is 6.99. The van der Waals surface area contributed by atoms with Gasteiger partial charge in [0, 0.05) is 70.1 Å². The highest BCUT2D eigenvalue weighted by Crippen LogP contribution is 2.41. The molecule has 0 saturated carbocycles. The standard InChI is InChI=1S/C20H26N6O3/c1-23(2)20(29)19-14-9-13(15-5-4-6-18(28)26(15)19)10-25(11-14)12-17(27)21-16-7-8-24(3)22-16/h4-8,13-14,19H,9-12H2,1-3H3,(H,21,22,27)/t13-,14+,19-/m1/s1. The fourth-order valence-electron chi connectivity index (χ4n) is 4.61. The highest BCUT2D eigenvalue weighted by atomic mass is 16.2. The zero-order chi connectivity index (χ0) is 20.7. The van der Waals surface area contributed by atoms with Gasteiger partial charge in [0.2, 0.25) is 11.8 Å². The van der Waals surface area contributed by atoms with E-state index in [0.717, 1.165) is 12.1 Å². The summed E-state index contributed by atoms with van der Waals surface area (Å²) in [5.41, 5.74) is 0.738. The quantitative estimate of drug-likeness (QED) is 0.798. The van der Waals surface area contributed by atoms with Gasteiger partial charge >= 0.3 is 0 Å². The minimum atomic E-state index is -0.536. The molecule has 1 fully saturated rings. The largest absolute Gasteiger partial charge is 0.347 e. The van der Waals surface area contributed by atoms with Crippen LogP contribution in [-0.4, -0.2) is 69.7 Å². The Morgan fingerprint density at radius 1 is 1.24 bits per heavy atom. The third kappa shape index (κ3) is 3.69. The molecular formula is C20H26N6O3. The summed E-state index contributed by atoms with van der Waals surface area (Å²) in [6.45, 7) is 1.50. The summed E-state index contributed by atoms with van der Waals surface area (Å²) in [4.78, 5) is 41.7. The van der Waals surface area contributed by atoms with Crippen LogP contribution in [0.5, 0.6) is 0 Å². The van der Waals surface area contributed by atoms with Crippen molar-refractivity contribution in [2.24, 2.45) is 13.0 Å². The maximum absolute atomic E-state index is 12.9. The summed E-state index contributed by atoms with van der Waals surface area (Å²) in [6.07, 6.45) is 2.61. The number of amides is 2. The average Bonchev–Trinajstić information content (AvgIpc) is 3.06. The van der Waals surface area contributed by atoms with Crippen LogP contribution in [0.25, 0.3) is 0 Å². The lowest BCUT2D eigenvalue weighted by Crippen LogP contribution is -2.54. The van der Waals surface area contributed by atoms with Crippen molar-refractivity contribution in [1.82, 2.24) is 24.1 Å². The topological polar surface area (TPSA) is 92.5 Å². The van der Waals surface area contributed by atoms with Crippen LogP contribution in [0.4, 0.5) is 5.82 Å². The van der Waals surface area contributed by atoms with E-state index in [0.29, 0.717) is 18.9 Å². The number of nitrogens with one attached hydrogen (secondary N) is 1. The lowest BCUT2D eigenvalue weighted by molar-refractivity contribution is -0.135. The van der Waals surface area contributed by atoms with Crippen LogP contribution < -0.4 is 10.9 Å². The van der Waals surface area contributed by atoms with Crippen LogP contribution in [0.3, 0.4) is 0 Å². The molecule has 9 nitrogen and oxygen atoms in total. The Morgan fingerprint density at radius 3 is 2.72 bits per heavy atom. The third-order valence-corrected chi connectivity index (χ3v) is 5.77. The van der Waals surface area contributed by atoms with Gasteiger partial charge in [-0.3, -0.25) is 28.5 Å². The third-order valence-electron chi connectivity index (χ3n) is 5.77. The highest BCUT2D eigenvalue weighted by molar-refractivity contribution is 5.91. The Bertz CT molecular complexity index is 994. The van der Waals surface area contributed by atoms with E-state index in [1.54, 1.807) is 53.6 Å². The van der Waals surface area contributed by atoms with E-state index in [9.17, 15) is 14.4 Å². The fourth-order valence-corrected chi connectivity index (χ4v) is 4.61. The first-order valence-corrected chi connectivity index (χ1v) is 9.78. The van der Waals surface area contributed by atoms with Gasteiger partial charge in [-0.2, -0.15) is 5.10 Å². The number of likely N-dealkylation sites (tertiary alicyclic amines) is 1. The van der Waals surface area contributed by atoms with Crippen LogP contribution >= 0.6 is 0 Å². The zero-order valence-electron chi connectivity index (χ0n) is 16.9. The molecule has 1 saturated heterocycles. The van der Waals surface area contributed by atoms with Gasteiger partial charge in [0.25, 0.3) is 5.56 Å². The van der Waals surface area contributed by atoms with Crippen LogP contribution in [0, 0.1) is 5.92 Å². The first-order valence-electron chi connectivity index (χ1n) is 9.78. The number of carbonyl (C=O) groups excluding carboxylic acids is 2. The Morgan fingerprint density at radius 2 is 2.03 bits per heavy atom. The Labute approximate surface area is 168 Å². The molecular weight excluding hydrogens is 372 g/mol. The number of aromatic nitrogens is 3. The molecule has 0 unspecified atom stereocenters. The van der Waals surface area contributed by atoms with Crippen molar-refractivity contribution < 1.29 is 9.59 Å². The van der Waals surface area contributed by atoms with Gasteiger partial charge in [0.05, 0.1) is 6.54 Å². The minimum Gasteiger partial charge on any atom is -0.347 e. The molecule has 2 aromatic heterocycles. The molecule has 0 spiro atoms. The molecule has 9 heteroatoms. The van der Waals surface area contributed by atoms with Gasteiger partial charge in [0.1, 0.15) is 6.04 Å². The van der Waals surface area contributed by atoms with Crippen molar-refractivity contribution in [3.8, 4) is 0 Å². The van der Waals surface area contributed by atoms with Crippen molar-refractivity contribution in [2.75, 3.05) is 39.0 Å². The second kappa shape index (κ2) is 7.47. The number of pyridine rings is 1. The molecule has 0 aromatic carbocycles. The van der Waals surface area contributed by atoms with Gasteiger partial charge < -0.3 is 10.2 Å². The Hall–Kier alpha value is -2.94. The van der Waals surface area contributed by atoms with E-state index in [2.05, 4.69) is 15.3 Å². The molecule has 4 heterocycles. The maximum atomic E-state index is 12.9. The number of anilines is 1. The lowest BCUT2D eigenvalue weighted by atomic mass is 9.78. The average molecular weight is 398 g/mol. The van der Waals surface area contributed by atoms with E-state index in [1.165, 1.54) is 6.07 Å². The van der Waals surface area contributed by atoms with Gasteiger partial charge in [-0.05, 0) is 12.5 Å². The summed E-state index contributed by atoms with van der Waals surface area (Å²) < 4.78 is 3.31. The molecule has 0 radical (unpaired) electrons. The zero-order valence-corrected chi connectivity index (χ0v) is 16.9. The number of piperidine rings is 1. The Balaban J connectivity index is 1.57. The molecule has 29 heavy (non-hydrogen) atoms. The molecule has 0 aliphatic carbocycles. The predicted octanol–water partition coefficient (Wildman–Crippen LogP) is 0.269. The smallest absolute Gasteiger partial charge is 0.251 e. The molecule has 154 valence electrons. The molecule has 2 bridgehead atoms. The molecule has 2 aliphatic heterocycles. The molecule has 4 rings (SSSR count). The van der Waals surface area contributed by atoms with Crippen LogP contribution in [-0.2, 0) is 16.6 Å². The van der Waals surface area contributed by atoms with Gasteiger partial charge in [-0.25, -0.2) is 0 Å². The number of hydrogen-bond acceptors (Lipinski definition) is 5. The number of nitrogens with zero attached hydrogens (tertiary/aromatic N) is 5. The second-order valence-corrected chi connectivity index (χ2v) is 8.15. The number of aryl methyl sites for hydroxylation is 1. The van der Waals surface area contributed by atoms with Gasteiger partial charge in [-0.1, -0.05) is 6.07 Å². The number of hydrogen-bond donors (Lipinski definition) is 1. The van der Waals surface area contributed by atoms with E-state index >= 15 is 0 Å². The summed E-state index contributed by atoms with van der Waals surface area (Å²) in [5.74, 6) is 0.412. The summed E-state index contributed by atoms with van der Waals surface area (Å²) in [7, 11) is 5.22. The number of fused-ring (bicyclic) bond motifs is 4. The van der Waals surface area contributed by atoms with Crippen LogP contribution in [0.1, 0.15) is 24.1 Å². The monoisotopic (exact) mass is 398 g/mol. The van der Waals surface area contributed by atoms with Crippen LogP contribution in [0.15, 0.2) is 35.3 Å². The summed E-state index contributed by atoms with van der Waals surface area (Å²) in [6, 6.07) is 6.40. The first-order chi connectivity index (χ1) is 13.8. The normalized spacial score (nSPS) is 23.3. The van der Waals surface area contributed by atoms with Crippen molar-refractivity contribution >= 4 is 17.6 Å². The number of carbonyl (C=O) groups is 2. The van der Waals surface area contributed by atoms with Crippen molar-refractivity contribution in [3.63, 3.8) is 0 Å². The van der Waals surface area contributed by atoms with Crippen molar-refractivity contribution in [2.45, 2.75) is 18.4 Å².